The van der Waals surface area contributed by atoms with Crippen molar-refractivity contribution in [2.24, 2.45) is 0 Å². The van der Waals surface area contributed by atoms with Crippen LogP contribution in [0.1, 0.15) is 28.7 Å². The molecule has 1 saturated heterocycles. The molecule has 1 aromatic rings. The molecular weight excluding hydrogens is 324 g/mol. The maximum absolute atomic E-state index is 11.4. The van der Waals surface area contributed by atoms with Gasteiger partial charge in [0.2, 0.25) is 0 Å². The van der Waals surface area contributed by atoms with Crippen LogP contribution in [0, 0.1) is 41.0 Å². The SMILES string of the molecule is Cc1c(CCCN2CCN(C)CC2)c(C)c([N+](=O)[O-])c(C)c1[N+](=O)[O-]. The summed E-state index contributed by atoms with van der Waals surface area (Å²) < 4.78 is 0. The van der Waals surface area contributed by atoms with Gasteiger partial charge in [-0.1, -0.05) is 0 Å². The number of rotatable bonds is 6. The third-order valence-corrected chi connectivity index (χ3v) is 5.19. The van der Waals surface area contributed by atoms with Gasteiger partial charge in [0, 0.05) is 37.3 Å². The first-order valence-corrected chi connectivity index (χ1v) is 8.56. The number of piperazine rings is 1. The van der Waals surface area contributed by atoms with E-state index in [9.17, 15) is 20.2 Å². The molecule has 1 fully saturated rings. The van der Waals surface area contributed by atoms with Crippen LogP contribution in [0.5, 0.6) is 0 Å². The van der Waals surface area contributed by atoms with E-state index >= 15 is 0 Å². The van der Waals surface area contributed by atoms with E-state index in [4.69, 9.17) is 0 Å². The van der Waals surface area contributed by atoms with Gasteiger partial charge in [0.25, 0.3) is 11.4 Å². The van der Waals surface area contributed by atoms with E-state index in [0.29, 0.717) is 17.5 Å². The Kier molecular flexibility index (Phi) is 6.07. The van der Waals surface area contributed by atoms with E-state index in [2.05, 4.69) is 16.8 Å². The standard InChI is InChI=1S/C17H26N4O4/c1-12-15(6-5-7-19-10-8-18(4)9-11-19)13(2)17(21(24)25)14(3)16(12)20(22)23/h5-11H2,1-4H3. The van der Waals surface area contributed by atoms with Crippen molar-refractivity contribution in [3.8, 4) is 0 Å². The first-order valence-electron chi connectivity index (χ1n) is 8.56. The lowest BCUT2D eigenvalue weighted by atomic mass is 9.92. The maximum atomic E-state index is 11.4. The monoisotopic (exact) mass is 350 g/mol. The molecule has 0 bridgehead atoms. The Balaban J connectivity index is 2.22. The lowest BCUT2D eigenvalue weighted by molar-refractivity contribution is -0.396. The first-order chi connectivity index (χ1) is 11.7. The molecule has 0 amide bonds. The summed E-state index contributed by atoms with van der Waals surface area (Å²) >= 11 is 0. The number of nitro groups is 2. The van der Waals surface area contributed by atoms with Crippen molar-refractivity contribution in [2.45, 2.75) is 33.6 Å². The summed E-state index contributed by atoms with van der Waals surface area (Å²) in [5.74, 6) is 0. The summed E-state index contributed by atoms with van der Waals surface area (Å²) in [5.41, 5.74) is 1.78. The molecular formula is C17H26N4O4. The molecule has 0 N–H and O–H groups in total. The van der Waals surface area contributed by atoms with Crippen molar-refractivity contribution in [3.63, 3.8) is 0 Å². The van der Waals surface area contributed by atoms with Gasteiger partial charge in [-0.25, -0.2) is 0 Å². The quantitative estimate of drug-likeness (QED) is 0.578. The van der Waals surface area contributed by atoms with E-state index in [1.807, 2.05) is 0 Å². The highest BCUT2D eigenvalue weighted by molar-refractivity contribution is 5.65. The molecule has 0 aromatic heterocycles. The van der Waals surface area contributed by atoms with Gasteiger partial charge in [-0.15, -0.1) is 0 Å². The molecule has 0 aliphatic carbocycles. The van der Waals surface area contributed by atoms with E-state index in [1.165, 1.54) is 6.92 Å². The first kappa shape index (κ1) is 19.3. The fourth-order valence-corrected chi connectivity index (χ4v) is 3.72. The number of nitrogens with zero attached hydrogens (tertiary/aromatic N) is 4. The van der Waals surface area contributed by atoms with E-state index in [-0.39, 0.29) is 16.9 Å². The number of benzene rings is 1. The van der Waals surface area contributed by atoms with Crippen LogP contribution in [0.4, 0.5) is 11.4 Å². The van der Waals surface area contributed by atoms with Crippen LogP contribution in [0.25, 0.3) is 0 Å². The third-order valence-electron chi connectivity index (χ3n) is 5.19. The van der Waals surface area contributed by atoms with Gasteiger partial charge in [0.1, 0.15) is 5.56 Å². The Bertz CT molecular complexity index is 641. The van der Waals surface area contributed by atoms with Crippen LogP contribution in [-0.4, -0.2) is 59.4 Å². The highest BCUT2D eigenvalue weighted by atomic mass is 16.6. The molecule has 2 rings (SSSR count). The predicted octanol–water partition coefficient (Wildman–Crippen LogP) is 2.61. The number of hydrogen-bond donors (Lipinski definition) is 0. The Morgan fingerprint density at radius 1 is 0.880 bits per heavy atom. The molecule has 1 aliphatic rings. The molecule has 0 unspecified atom stereocenters. The van der Waals surface area contributed by atoms with Crippen molar-refractivity contribution < 1.29 is 9.85 Å². The molecule has 25 heavy (non-hydrogen) atoms. The normalized spacial score (nSPS) is 16.2. The smallest absolute Gasteiger partial charge is 0.282 e. The summed E-state index contributed by atoms with van der Waals surface area (Å²) in [6, 6.07) is 0. The minimum Gasteiger partial charge on any atom is -0.304 e. The van der Waals surface area contributed by atoms with Crippen molar-refractivity contribution in [3.05, 3.63) is 42.5 Å². The Hall–Kier alpha value is -2.06. The molecule has 1 heterocycles. The summed E-state index contributed by atoms with van der Waals surface area (Å²) in [6.07, 6.45) is 1.45. The van der Waals surface area contributed by atoms with Crippen LogP contribution < -0.4 is 0 Å². The number of likely N-dealkylation sites (N-methyl/N-ethyl adjacent to an activating group) is 1. The average molecular weight is 350 g/mol. The van der Waals surface area contributed by atoms with Crippen LogP contribution in [0.3, 0.4) is 0 Å². The second-order valence-corrected chi connectivity index (χ2v) is 6.81. The second-order valence-electron chi connectivity index (χ2n) is 6.81. The lowest BCUT2D eigenvalue weighted by Crippen LogP contribution is -2.44. The molecule has 0 radical (unpaired) electrons. The highest BCUT2D eigenvalue weighted by Gasteiger charge is 2.30. The van der Waals surface area contributed by atoms with Gasteiger partial charge in [-0.2, -0.15) is 0 Å². The van der Waals surface area contributed by atoms with E-state index < -0.39 is 9.85 Å². The van der Waals surface area contributed by atoms with Gasteiger partial charge in [-0.3, -0.25) is 20.2 Å². The Morgan fingerprint density at radius 3 is 1.80 bits per heavy atom. The minimum absolute atomic E-state index is 0.119. The number of nitro benzene ring substituents is 2. The summed E-state index contributed by atoms with van der Waals surface area (Å²) in [6.45, 7) is 9.89. The summed E-state index contributed by atoms with van der Waals surface area (Å²) in [4.78, 5) is 26.5. The van der Waals surface area contributed by atoms with Crippen LogP contribution >= 0.6 is 0 Å². The molecule has 138 valence electrons. The predicted molar refractivity (Wildman–Crippen MR) is 96.2 cm³/mol. The zero-order valence-electron chi connectivity index (χ0n) is 15.4. The minimum atomic E-state index is -0.499. The molecule has 8 nitrogen and oxygen atoms in total. The van der Waals surface area contributed by atoms with Gasteiger partial charge < -0.3 is 9.80 Å². The third kappa shape index (κ3) is 4.13. The summed E-state index contributed by atoms with van der Waals surface area (Å²) in [7, 11) is 2.11. The van der Waals surface area contributed by atoms with Crippen molar-refractivity contribution >= 4 is 11.4 Å². The molecule has 1 aromatic carbocycles. The van der Waals surface area contributed by atoms with Gasteiger partial charge in [0.05, 0.1) is 9.85 Å². The fraction of sp³-hybridized carbons (Fsp3) is 0.647. The Morgan fingerprint density at radius 2 is 1.36 bits per heavy atom. The topological polar surface area (TPSA) is 92.8 Å². The van der Waals surface area contributed by atoms with E-state index in [1.54, 1.807) is 13.8 Å². The molecule has 1 aliphatic heterocycles. The van der Waals surface area contributed by atoms with Crippen molar-refractivity contribution in [2.75, 3.05) is 39.8 Å². The molecule has 0 spiro atoms. The second kappa shape index (κ2) is 7.88. The number of hydrogen-bond acceptors (Lipinski definition) is 6. The summed E-state index contributed by atoms with van der Waals surface area (Å²) in [5, 5.41) is 22.8. The fourth-order valence-electron chi connectivity index (χ4n) is 3.72. The van der Waals surface area contributed by atoms with Crippen LogP contribution in [0.2, 0.25) is 0 Å². The van der Waals surface area contributed by atoms with Gasteiger partial charge in [-0.05, 0) is 52.8 Å². The average Bonchev–Trinajstić information content (AvgIpc) is 2.51. The van der Waals surface area contributed by atoms with E-state index in [0.717, 1.165) is 44.7 Å². The van der Waals surface area contributed by atoms with Crippen LogP contribution in [-0.2, 0) is 6.42 Å². The zero-order chi connectivity index (χ0) is 18.7. The van der Waals surface area contributed by atoms with Crippen LogP contribution in [0.15, 0.2) is 0 Å². The van der Waals surface area contributed by atoms with Crippen molar-refractivity contribution in [1.29, 1.82) is 0 Å². The van der Waals surface area contributed by atoms with Gasteiger partial charge in [0.15, 0.2) is 0 Å². The van der Waals surface area contributed by atoms with Crippen molar-refractivity contribution in [1.82, 2.24) is 9.80 Å². The lowest BCUT2D eigenvalue weighted by Gasteiger charge is -2.32. The van der Waals surface area contributed by atoms with Gasteiger partial charge >= 0.3 is 0 Å². The Labute approximate surface area is 147 Å². The maximum Gasteiger partial charge on any atom is 0.282 e. The zero-order valence-corrected chi connectivity index (χ0v) is 15.4. The largest absolute Gasteiger partial charge is 0.304 e. The molecule has 0 saturated carbocycles. The highest BCUT2D eigenvalue weighted by Crippen LogP contribution is 2.37. The molecule has 8 heteroatoms. The molecule has 0 atom stereocenters.